The maximum atomic E-state index is 13.1. The topological polar surface area (TPSA) is 195 Å². The average molecular weight is 1810 g/mol. The number of nitrogens with zero attached hydrogens (tertiary/aromatic N) is 1. The summed E-state index contributed by atoms with van der Waals surface area (Å²) in [5.74, 6) is -1.48. The molecule has 5 aliphatic rings. The van der Waals surface area contributed by atoms with E-state index >= 15 is 0 Å². The van der Waals surface area contributed by atoms with Crippen LogP contribution in [0.1, 0.15) is 200 Å². The number of ether oxygens (including phenoxy) is 5. The Hall–Kier alpha value is -8.77. The molecule has 9 aromatic rings. The molecule has 4 aliphatic carbocycles. The second kappa shape index (κ2) is 42.6. The van der Waals surface area contributed by atoms with Crippen LogP contribution in [-0.2, 0) is 58.9 Å². The fraction of sp³-hybridized carbons (Fsp3) is 0.297. The molecule has 119 heavy (non-hydrogen) atoms. The van der Waals surface area contributed by atoms with Gasteiger partial charge in [0, 0.05) is 100.0 Å². The molecule has 28 heteroatoms. The van der Waals surface area contributed by atoms with E-state index in [1.54, 1.807) is 60.7 Å². The molecule has 14 rings (SSSR count). The number of benzene rings is 9. The zero-order valence-electron chi connectivity index (χ0n) is 65.4. The number of esters is 4. The lowest BCUT2D eigenvalue weighted by Gasteiger charge is -2.19. The number of alkyl halides is 4. The van der Waals surface area contributed by atoms with Gasteiger partial charge in [0.05, 0.1) is 57.4 Å². The highest BCUT2D eigenvalue weighted by Crippen LogP contribution is 2.46. The molecule has 1 fully saturated rings. The van der Waals surface area contributed by atoms with Crippen LogP contribution >= 0.6 is 92.8 Å². The van der Waals surface area contributed by atoms with E-state index in [2.05, 4.69) is 30.7 Å². The Bertz CT molecular complexity index is 5470. The summed E-state index contributed by atoms with van der Waals surface area (Å²) in [6.07, 6.45) is 10.9. The van der Waals surface area contributed by atoms with Crippen LogP contribution in [0, 0.1) is 6.92 Å². The molecule has 0 amide bonds. The van der Waals surface area contributed by atoms with E-state index in [1.807, 2.05) is 67.6 Å². The van der Waals surface area contributed by atoms with Crippen LogP contribution in [0.4, 0.5) is 17.6 Å². The lowest BCUT2D eigenvalue weighted by molar-refractivity contribution is -0.0509. The van der Waals surface area contributed by atoms with Crippen molar-refractivity contribution in [2.45, 2.75) is 121 Å². The van der Waals surface area contributed by atoms with Crippen molar-refractivity contribution in [2.24, 2.45) is 0 Å². The summed E-state index contributed by atoms with van der Waals surface area (Å²) in [6, 6.07) is 49.1. The van der Waals surface area contributed by atoms with Crippen molar-refractivity contribution < 1.29 is 82.6 Å². The molecule has 9 aromatic carbocycles. The molecule has 0 bridgehead atoms. The number of fused-ring (bicyclic) bond motifs is 4. The number of likely N-dealkylation sites (tertiary alicyclic amines) is 1. The third-order valence-electron chi connectivity index (χ3n) is 20.6. The molecular formula is C91H83Cl8F4NO14S. The normalized spacial score (nSPS) is 15.8. The first-order chi connectivity index (χ1) is 56.8. The lowest BCUT2D eigenvalue weighted by atomic mass is 9.87. The summed E-state index contributed by atoms with van der Waals surface area (Å²) in [5, 5.41) is 4.11. The largest absolute Gasteiger partial charge is 0.534 e. The van der Waals surface area contributed by atoms with Crippen molar-refractivity contribution in [2.75, 3.05) is 54.7 Å². The second-order valence-electron chi connectivity index (χ2n) is 28.4. The number of carbonyl (C=O) groups is 6. The van der Waals surface area contributed by atoms with Gasteiger partial charge in [-0.25, -0.2) is 19.2 Å². The van der Waals surface area contributed by atoms with E-state index in [1.165, 1.54) is 64.8 Å². The van der Waals surface area contributed by atoms with Gasteiger partial charge in [-0.05, 0) is 267 Å². The molecule has 0 N–H and O–H groups in total. The van der Waals surface area contributed by atoms with Gasteiger partial charge in [-0.2, -0.15) is 21.6 Å². The zero-order valence-corrected chi connectivity index (χ0v) is 72.2. The van der Waals surface area contributed by atoms with Crippen LogP contribution in [0.15, 0.2) is 170 Å². The first kappa shape index (κ1) is 92.5. The van der Waals surface area contributed by atoms with E-state index in [-0.39, 0.29) is 70.3 Å². The summed E-state index contributed by atoms with van der Waals surface area (Å²) in [7, 11) is -0.670. The summed E-state index contributed by atoms with van der Waals surface area (Å²) in [6.45, 7) is 4.19. The molecule has 0 saturated carbocycles. The number of ketones is 2. The van der Waals surface area contributed by atoms with Crippen LogP contribution in [0.25, 0.3) is 22.5 Å². The lowest BCUT2D eigenvalue weighted by Crippen LogP contribution is -2.26. The molecule has 15 nitrogen and oxygen atoms in total. The second-order valence-corrected chi connectivity index (χ2v) is 33.4. The molecule has 0 radical (unpaired) electrons. The van der Waals surface area contributed by atoms with Crippen molar-refractivity contribution in [1.82, 2.24) is 4.90 Å². The Morgan fingerprint density at radius 1 is 0.462 bits per heavy atom. The van der Waals surface area contributed by atoms with Gasteiger partial charge in [-0.3, -0.25) is 18.9 Å². The predicted octanol–water partition coefficient (Wildman–Crippen LogP) is 24.5. The molecule has 1 unspecified atom stereocenters. The highest BCUT2D eigenvalue weighted by Gasteiger charge is 2.50. The molecule has 0 aromatic heterocycles. The van der Waals surface area contributed by atoms with Crippen LogP contribution < -0.4 is 4.74 Å². The van der Waals surface area contributed by atoms with Crippen molar-refractivity contribution in [3.05, 3.63) is 305 Å². The quantitative estimate of drug-likeness (QED) is 0.0235. The van der Waals surface area contributed by atoms with Crippen LogP contribution in [0.5, 0.6) is 5.75 Å². The SMILES string of the molecule is COC(=O)c1ccc2c(c1)CCCC(c1ccc(Cl)cc1Cl)=C2OS(=O)(=O)C(F)(F)F.COC(=O)c1ccc2c(c1)CCCC(c1ccc(Cl)cc1Cl)=C2c1ccc(O[C@H]2CCN(CCCF)C2)cc1.COC(=O)c1ccc2c(c1)CCCC(c1ccc(Cl)cc1Cl)C2=O.COC(=O)c1ccc2c(c1)CCCCC2=O.Cc1ccc(Cl)cc1Cl. The number of hydrogen-bond donors (Lipinski definition) is 0. The number of allylic oxidation sites excluding steroid dienone is 2. The molecule has 626 valence electrons. The number of aryl methyl sites for hydroxylation is 5. The fourth-order valence-electron chi connectivity index (χ4n) is 14.7. The number of Topliss-reactive ketones (excluding diaryl/α,β-unsaturated/α-hetero) is 2. The Morgan fingerprint density at radius 3 is 1.41 bits per heavy atom. The average Bonchev–Trinajstić information content (AvgIpc) is 1.77. The first-order valence-electron chi connectivity index (χ1n) is 38.1. The van der Waals surface area contributed by atoms with E-state index < -0.39 is 33.3 Å². The van der Waals surface area contributed by atoms with E-state index in [4.69, 9.17) is 107 Å². The number of hydrogen-bond acceptors (Lipinski definition) is 15. The maximum absolute atomic E-state index is 13.1. The van der Waals surface area contributed by atoms with E-state index in [9.17, 15) is 54.7 Å². The minimum absolute atomic E-state index is 0.0307. The smallest absolute Gasteiger partial charge is 0.489 e. The molecular weight excluding hydrogens is 1720 g/mol. The van der Waals surface area contributed by atoms with Crippen molar-refractivity contribution >= 4 is 161 Å². The van der Waals surface area contributed by atoms with Gasteiger partial charge < -0.3 is 27.9 Å². The van der Waals surface area contributed by atoms with Crippen molar-refractivity contribution in [1.29, 1.82) is 0 Å². The molecule has 1 aliphatic heterocycles. The standard InChI is InChI=1S/C32H32Cl2FNO3.C20H15Cl2F3O5S.C19H16Cl2O3.C13H14O3.C7H6Cl2/c1-38-32(37)23-8-12-27-22(18-23)4-2-5-29(28-13-9-24(33)19-30(28)34)31(27)21-6-10-25(11-7-21)39-26-14-17-36(20-26)16-3-15-35;1-29-19(26)12-5-7-14-11(9-12)3-2-4-16(15-8-6-13(21)10-17(15)22)18(14)30-31(27,28)20(23,24)25;1-24-19(23)12-5-7-14-11(9-12)3-2-4-16(18(14)22)15-8-6-13(20)10-17(15)21;1-16-13(15)10-6-7-11-9(8-10)4-2-3-5-12(11)14;1-5-2-3-6(8)4-7(5)9/h6-13,18-19,26H,2-5,14-17,20H2,1H3;5-10H,2-4H2,1H3;5-10,16H,2-4H2,1H3;6-8H,2-5H2,1H3;2-4H,1H3/t26-;;;;/m0..../s1. The summed E-state index contributed by atoms with van der Waals surface area (Å²) < 4.78 is 106. The Labute approximate surface area is 728 Å². The minimum Gasteiger partial charge on any atom is -0.489 e. The highest BCUT2D eigenvalue weighted by atomic mass is 35.5. The van der Waals surface area contributed by atoms with E-state index in [0.29, 0.717) is 95.6 Å². The molecule has 0 spiro atoms. The summed E-state index contributed by atoms with van der Waals surface area (Å²) >= 11 is 48.7. The number of rotatable bonds is 15. The Morgan fingerprint density at radius 2 is 0.899 bits per heavy atom. The van der Waals surface area contributed by atoms with Crippen molar-refractivity contribution in [3.63, 3.8) is 0 Å². The molecule has 1 heterocycles. The van der Waals surface area contributed by atoms with Gasteiger partial charge in [0.1, 0.15) is 11.9 Å². The van der Waals surface area contributed by atoms with Gasteiger partial charge in [0.2, 0.25) is 0 Å². The van der Waals surface area contributed by atoms with Crippen LogP contribution in [-0.4, -0.2) is 115 Å². The summed E-state index contributed by atoms with van der Waals surface area (Å²) in [5.41, 5.74) is 8.67. The van der Waals surface area contributed by atoms with Gasteiger partial charge in [-0.1, -0.05) is 153 Å². The minimum atomic E-state index is -5.97. The number of halogens is 12. The summed E-state index contributed by atoms with van der Waals surface area (Å²) in [4.78, 5) is 74.2. The van der Waals surface area contributed by atoms with E-state index in [0.717, 1.165) is 149 Å². The van der Waals surface area contributed by atoms with Gasteiger partial charge >= 0.3 is 39.5 Å². The maximum Gasteiger partial charge on any atom is 0.534 e. The van der Waals surface area contributed by atoms with Gasteiger partial charge in [0.15, 0.2) is 17.3 Å². The van der Waals surface area contributed by atoms with Crippen LogP contribution in [0.2, 0.25) is 40.2 Å². The number of methoxy groups -OCH3 is 4. The Kier molecular flexibility index (Phi) is 33.1. The van der Waals surface area contributed by atoms with Crippen molar-refractivity contribution in [3.8, 4) is 5.75 Å². The molecule has 2 atom stereocenters. The zero-order chi connectivity index (χ0) is 86.0. The number of carbonyl (C=O) groups excluding carboxylic acids is 6. The highest BCUT2D eigenvalue weighted by molar-refractivity contribution is 7.87. The van der Waals surface area contributed by atoms with Crippen LogP contribution in [0.3, 0.4) is 0 Å². The third-order valence-corrected chi connectivity index (χ3v) is 23.9. The van der Waals surface area contributed by atoms with Gasteiger partial charge in [0.25, 0.3) is 0 Å². The predicted molar refractivity (Wildman–Crippen MR) is 461 cm³/mol. The fourth-order valence-corrected chi connectivity index (χ4v) is 17.2. The Balaban J connectivity index is 0.000000167. The first-order valence-corrected chi connectivity index (χ1v) is 42.5. The molecule has 1 saturated heterocycles. The third kappa shape index (κ3) is 23.9. The monoisotopic (exact) mass is 1800 g/mol. The van der Waals surface area contributed by atoms with Gasteiger partial charge in [-0.15, -0.1) is 0 Å².